The van der Waals surface area contributed by atoms with Crippen LogP contribution in [-0.4, -0.2) is 20.5 Å². The minimum atomic E-state index is 0.488. The zero-order valence-corrected chi connectivity index (χ0v) is 8.44. The zero-order chi connectivity index (χ0) is 10.8. The molecule has 0 amide bonds. The van der Waals surface area contributed by atoms with Gasteiger partial charge in [0.2, 0.25) is 5.75 Å². The first-order valence-electron chi connectivity index (χ1n) is 4.39. The van der Waals surface area contributed by atoms with Gasteiger partial charge in [0.25, 0.3) is 0 Å². The molecule has 2 rings (SSSR count). The van der Waals surface area contributed by atoms with Crippen molar-refractivity contribution in [2.75, 3.05) is 14.2 Å². The third kappa shape index (κ3) is 1.34. The molecule has 0 aliphatic carbocycles. The van der Waals surface area contributed by atoms with Gasteiger partial charge in [-0.2, -0.15) is 0 Å². The van der Waals surface area contributed by atoms with E-state index in [1.807, 2.05) is 0 Å². The summed E-state index contributed by atoms with van der Waals surface area (Å²) in [5.41, 5.74) is 1.05. The van der Waals surface area contributed by atoms with Crippen molar-refractivity contribution in [3.63, 3.8) is 0 Å². The number of fused-ring (bicyclic) bond motifs is 1. The third-order valence-electron chi connectivity index (χ3n) is 2.24. The zero-order valence-electron chi connectivity index (χ0n) is 8.44. The van der Waals surface area contributed by atoms with Gasteiger partial charge in [-0.05, 0) is 12.1 Å². The van der Waals surface area contributed by atoms with Crippen molar-refractivity contribution in [2.45, 2.75) is 0 Å². The van der Waals surface area contributed by atoms with Gasteiger partial charge in [0.05, 0.1) is 20.5 Å². The average molecular weight is 206 g/mol. The van der Waals surface area contributed by atoms with E-state index >= 15 is 0 Å². The maximum absolute atomic E-state index is 10.8. The summed E-state index contributed by atoms with van der Waals surface area (Å²) in [5, 5.41) is 0.725. The van der Waals surface area contributed by atoms with Crippen molar-refractivity contribution in [2.24, 2.45) is 0 Å². The van der Waals surface area contributed by atoms with Crippen LogP contribution in [0.15, 0.2) is 22.8 Å². The highest BCUT2D eigenvalue weighted by Crippen LogP contribution is 2.37. The first-order chi connectivity index (χ1) is 7.31. The standard InChI is InChI=1S/C11H10O4/c1-13-9-5-7(6-12)8-3-4-15-10(8)11(9)14-2/h3-6H,1-2H3. The van der Waals surface area contributed by atoms with Gasteiger partial charge in [-0.25, -0.2) is 0 Å². The number of furan rings is 1. The van der Waals surface area contributed by atoms with Crippen molar-refractivity contribution in [3.05, 3.63) is 24.0 Å². The summed E-state index contributed by atoms with van der Waals surface area (Å²) in [4.78, 5) is 10.8. The molecule has 0 unspecified atom stereocenters. The van der Waals surface area contributed by atoms with Gasteiger partial charge in [-0.3, -0.25) is 4.79 Å². The molecule has 0 radical (unpaired) electrons. The number of hydrogen-bond donors (Lipinski definition) is 0. The lowest BCUT2D eigenvalue weighted by molar-refractivity contribution is 0.112. The highest BCUT2D eigenvalue weighted by atomic mass is 16.5. The van der Waals surface area contributed by atoms with E-state index in [4.69, 9.17) is 13.9 Å². The predicted molar refractivity (Wildman–Crippen MR) is 54.7 cm³/mol. The molecule has 0 N–H and O–H groups in total. The first kappa shape index (κ1) is 9.58. The lowest BCUT2D eigenvalue weighted by Gasteiger charge is -2.08. The Morgan fingerprint density at radius 3 is 2.73 bits per heavy atom. The number of aldehydes is 1. The van der Waals surface area contributed by atoms with E-state index in [9.17, 15) is 4.79 Å². The van der Waals surface area contributed by atoms with E-state index < -0.39 is 0 Å². The van der Waals surface area contributed by atoms with Gasteiger partial charge in [0, 0.05) is 10.9 Å². The molecule has 15 heavy (non-hydrogen) atoms. The maximum Gasteiger partial charge on any atom is 0.204 e. The van der Waals surface area contributed by atoms with Gasteiger partial charge in [0.1, 0.15) is 0 Å². The summed E-state index contributed by atoms with van der Waals surface area (Å²) < 4.78 is 15.5. The summed E-state index contributed by atoms with van der Waals surface area (Å²) in [6.07, 6.45) is 2.28. The quantitative estimate of drug-likeness (QED) is 0.723. The molecule has 78 valence electrons. The molecule has 4 nitrogen and oxygen atoms in total. The first-order valence-corrected chi connectivity index (χ1v) is 4.39. The second-order valence-electron chi connectivity index (χ2n) is 2.98. The summed E-state index contributed by atoms with van der Waals surface area (Å²) in [6.45, 7) is 0. The maximum atomic E-state index is 10.8. The van der Waals surface area contributed by atoms with Crippen molar-refractivity contribution < 1.29 is 18.7 Å². The minimum Gasteiger partial charge on any atom is -0.493 e. The highest BCUT2D eigenvalue weighted by molar-refractivity contribution is 6.00. The fourth-order valence-electron chi connectivity index (χ4n) is 1.55. The number of carbonyl (C=O) groups excluding carboxylic acids is 1. The fraction of sp³-hybridized carbons (Fsp3) is 0.182. The van der Waals surface area contributed by atoms with E-state index in [0.717, 1.165) is 11.7 Å². The topological polar surface area (TPSA) is 48.7 Å². The molecule has 0 atom stereocenters. The normalized spacial score (nSPS) is 10.3. The van der Waals surface area contributed by atoms with Crippen molar-refractivity contribution >= 4 is 17.3 Å². The molecular formula is C11H10O4. The largest absolute Gasteiger partial charge is 0.493 e. The van der Waals surface area contributed by atoms with Gasteiger partial charge in [0.15, 0.2) is 17.6 Å². The Morgan fingerprint density at radius 2 is 2.13 bits per heavy atom. The molecule has 0 fully saturated rings. The number of carbonyl (C=O) groups is 1. The summed E-state index contributed by atoms with van der Waals surface area (Å²) in [7, 11) is 3.04. The van der Waals surface area contributed by atoms with Crippen molar-refractivity contribution in [3.8, 4) is 11.5 Å². The van der Waals surface area contributed by atoms with E-state index in [0.29, 0.717) is 22.6 Å². The van der Waals surface area contributed by atoms with Crippen LogP contribution in [0, 0.1) is 0 Å². The summed E-state index contributed by atoms with van der Waals surface area (Å²) in [6, 6.07) is 3.35. The van der Waals surface area contributed by atoms with Crippen LogP contribution in [0.2, 0.25) is 0 Å². The van der Waals surface area contributed by atoms with Crippen LogP contribution in [-0.2, 0) is 0 Å². The third-order valence-corrected chi connectivity index (χ3v) is 2.24. The van der Waals surface area contributed by atoms with Crippen molar-refractivity contribution in [1.29, 1.82) is 0 Å². The molecule has 1 aromatic heterocycles. The second kappa shape index (κ2) is 3.65. The Morgan fingerprint density at radius 1 is 1.33 bits per heavy atom. The SMILES string of the molecule is COc1cc(C=O)c2ccoc2c1OC. The smallest absolute Gasteiger partial charge is 0.204 e. The van der Waals surface area contributed by atoms with E-state index in [-0.39, 0.29) is 0 Å². The molecule has 1 aromatic carbocycles. The lowest BCUT2D eigenvalue weighted by Crippen LogP contribution is -1.93. The Balaban J connectivity index is 2.84. The van der Waals surface area contributed by atoms with E-state index in [2.05, 4.69) is 0 Å². The van der Waals surface area contributed by atoms with Crippen LogP contribution in [0.1, 0.15) is 10.4 Å². The molecule has 1 heterocycles. The molecule has 2 aromatic rings. The Hall–Kier alpha value is -1.97. The van der Waals surface area contributed by atoms with Crippen LogP contribution in [0.25, 0.3) is 11.0 Å². The van der Waals surface area contributed by atoms with Gasteiger partial charge in [-0.15, -0.1) is 0 Å². The van der Waals surface area contributed by atoms with Gasteiger partial charge >= 0.3 is 0 Å². The number of ether oxygens (including phenoxy) is 2. The van der Waals surface area contributed by atoms with Crippen LogP contribution in [0.5, 0.6) is 11.5 Å². The van der Waals surface area contributed by atoms with Crippen LogP contribution < -0.4 is 9.47 Å². The molecule has 0 aliphatic heterocycles. The van der Waals surface area contributed by atoms with Gasteiger partial charge < -0.3 is 13.9 Å². The van der Waals surface area contributed by atoms with Crippen LogP contribution in [0.4, 0.5) is 0 Å². The average Bonchev–Trinajstić information content (AvgIpc) is 2.75. The predicted octanol–water partition coefficient (Wildman–Crippen LogP) is 2.26. The van der Waals surface area contributed by atoms with E-state index in [1.54, 1.807) is 12.1 Å². The van der Waals surface area contributed by atoms with Gasteiger partial charge in [-0.1, -0.05) is 0 Å². The molecule has 0 saturated heterocycles. The van der Waals surface area contributed by atoms with Crippen LogP contribution >= 0.6 is 0 Å². The van der Waals surface area contributed by atoms with E-state index in [1.165, 1.54) is 20.5 Å². The van der Waals surface area contributed by atoms with Crippen molar-refractivity contribution in [1.82, 2.24) is 0 Å². The number of methoxy groups -OCH3 is 2. The fourth-order valence-corrected chi connectivity index (χ4v) is 1.55. The molecule has 0 bridgehead atoms. The number of rotatable bonds is 3. The second-order valence-corrected chi connectivity index (χ2v) is 2.98. The molecule has 0 aliphatic rings. The Kier molecular flexibility index (Phi) is 2.33. The summed E-state index contributed by atoms with van der Waals surface area (Å²) in [5.74, 6) is 0.991. The monoisotopic (exact) mass is 206 g/mol. The molecule has 0 spiro atoms. The molecular weight excluding hydrogens is 196 g/mol. The Bertz CT molecular complexity index is 499. The lowest BCUT2D eigenvalue weighted by atomic mass is 10.1. The highest BCUT2D eigenvalue weighted by Gasteiger charge is 2.15. The number of benzene rings is 1. The molecule has 4 heteroatoms. The Labute approximate surface area is 86.4 Å². The number of hydrogen-bond acceptors (Lipinski definition) is 4. The molecule has 0 saturated carbocycles. The summed E-state index contributed by atoms with van der Waals surface area (Å²) >= 11 is 0. The minimum absolute atomic E-state index is 0.488. The van der Waals surface area contributed by atoms with Crippen LogP contribution in [0.3, 0.4) is 0 Å².